The normalized spacial score (nSPS) is 11.9. The molecule has 0 saturated heterocycles. The lowest BCUT2D eigenvalue weighted by Gasteiger charge is -2.18. The molecule has 1 amide bonds. The molecule has 4 aromatic rings. The van der Waals surface area contributed by atoms with Crippen molar-refractivity contribution in [1.29, 1.82) is 0 Å². The third kappa shape index (κ3) is 4.52. The maximum absolute atomic E-state index is 12.9. The predicted molar refractivity (Wildman–Crippen MR) is 131 cm³/mol. The van der Waals surface area contributed by atoms with Crippen molar-refractivity contribution < 1.29 is 28.3 Å². The SMILES string of the molecule is O=C(COC(=O)c1ccccc1NCc1ccco1)Nc1ccc2c(c1)C(=O)c1ccccc1C2=O. The number of anilines is 2. The Morgan fingerprint density at radius 1 is 0.778 bits per heavy atom. The number of nitrogens with one attached hydrogen (secondary N) is 2. The Balaban J connectivity index is 1.23. The van der Waals surface area contributed by atoms with Crippen LogP contribution in [0.5, 0.6) is 0 Å². The molecule has 0 fully saturated rings. The minimum absolute atomic E-state index is 0.213. The van der Waals surface area contributed by atoms with Crippen LogP contribution in [0.4, 0.5) is 11.4 Å². The van der Waals surface area contributed by atoms with Crippen LogP contribution in [-0.2, 0) is 16.1 Å². The van der Waals surface area contributed by atoms with Crippen molar-refractivity contribution in [2.75, 3.05) is 17.2 Å². The number of carbonyl (C=O) groups is 4. The van der Waals surface area contributed by atoms with E-state index in [2.05, 4.69) is 10.6 Å². The molecule has 1 heterocycles. The topological polar surface area (TPSA) is 115 Å². The summed E-state index contributed by atoms with van der Waals surface area (Å²) in [6.07, 6.45) is 1.56. The third-order valence-corrected chi connectivity index (χ3v) is 5.72. The number of amides is 1. The van der Waals surface area contributed by atoms with E-state index in [-0.39, 0.29) is 28.3 Å². The molecule has 1 aliphatic rings. The second-order valence-corrected chi connectivity index (χ2v) is 8.07. The minimum Gasteiger partial charge on any atom is -0.467 e. The predicted octanol–water partition coefficient (Wildman–Crippen LogP) is 4.46. The van der Waals surface area contributed by atoms with Gasteiger partial charge in [-0.3, -0.25) is 14.4 Å². The number of hydrogen-bond acceptors (Lipinski definition) is 7. The van der Waals surface area contributed by atoms with Gasteiger partial charge in [0.05, 0.1) is 18.4 Å². The average Bonchev–Trinajstić information content (AvgIpc) is 3.43. The van der Waals surface area contributed by atoms with Gasteiger partial charge < -0.3 is 19.8 Å². The van der Waals surface area contributed by atoms with Gasteiger partial charge in [-0.1, -0.05) is 36.4 Å². The Bertz CT molecular complexity index is 1490. The highest BCUT2D eigenvalue weighted by Crippen LogP contribution is 2.29. The largest absolute Gasteiger partial charge is 0.467 e. The molecular formula is C28H20N2O6. The Hall–Kier alpha value is -4.98. The first-order valence-electron chi connectivity index (χ1n) is 11.2. The van der Waals surface area contributed by atoms with Crippen LogP contribution in [-0.4, -0.2) is 30.0 Å². The molecule has 0 spiro atoms. The Morgan fingerprint density at radius 2 is 1.47 bits per heavy atom. The van der Waals surface area contributed by atoms with Crippen LogP contribution in [0.25, 0.3) is 0 Å². The molecule has 1 aromatic heterocycles. The molecule has 36 heavy (non-hydrogen) atoms. The highest BCUT2D eigenvalue weighted by molar-refractivity contribution is 6.28. The van der Waals surface area contributed by atoms with Gasteiger partial charge in [0.15, 0.2) is 18.2 Å². The summed E-state index contributed by atoms with van der Waals surface area (Å²) in [5.41, 5.74) is 2.30. The Labute approximate surface area is 205 Å². The van der Waals surface area contributed by atoms with Gasteiger partial charge in [-0.25, -0.2) is 4.79 Å². The average molecular weight is 480 g/mol. The number of hydrogen-bond donors (Lipinski definition) is 2. The van der Waals surface area contributed by atoms with E-state index in [4.69, 9.17) is 9.15 Å². The van der Waals surface area contributed by atoms with Crippen LogP contribution >= 0.6 is 0 Å². The zero-order valence-electron chi connectivity index (χ0n) is 18.9. The standard InChI is InChI=1S/C28H20N2O6/c31-25(16-36-28(34)22-9-3-4-10-24(22)29-15-18-6-5-13-35-18)30-17-11-12-21-23(14-17)27(33)20-8-2-1-7-19(20)26(21)32/h1-14,29H,15-16H2,(H,30,31). The summed E-state index contributed by atoms with van der Waals surface area (Å²) < 4.78 is 10.5. The summed E-state index contributed by atoms with van der Waals surface area (Å²) >= 11 is 0. The van der Waals surface area contributed by atoms with Crippen molar-refractivity contribution >= 4 is 34.8 Å². The zero-order valence-corrected chi connectivity index (χ0v) is 18.9. The number of fused-ring (bicyclic) bond motifs is 2. The fraction of sp³-hybridized carbons (Fsp3) is 0.0714. The number of carbonyl (C=O) groups excluding carboxylic acids is 4. The molecule has 0 saturated carbocycles. The fourth-order valence-electron chi connectivity index (χ4n) is 3.99. The van der Waals surface area contributed by atoms with Gasteiger partial charge in [0.1, 0.15) is 5.76 Å². The molecule has 0 atom stereocenters. The first kappa shape index (κ1) is 22.8. The van der Waals surface area contributed by atoms with Crippen molar-refractivity contribution in [2.24, 2.45) is 0 Å². The van der Waals surface area contributed by atoms with Gasteiger partial charge >= 0.3 is 5.97 Å². The molecule has 178 valence electrons. The van der Waals surface area contributed by atoms with E-state index in [0.29, 0.717) is 34.8 Å². The van der Waals surface area contributed by atoms with E-state index in [0.717, 1.165) is 0 Å². The number of ether oxygens (including phenoxy) is 1. The first-order chi connectivity index (χ1) is 17.5. The smallest absolute Gasteiger partial charge is 0.340 e. The van der Waals surface area contributed by atoms with E-state index in [1.54, 1.807) is 66.9 Å². The highest BCUT2D eigenvalue weighted by atomic mass is 16.5. The fourth-order valence-corrected chi connectivity index (χ4v) is 3.99. The quantitative estimate of drug-likeness (QED) is 0.331. The van der Waals surface area contributed by atoms with Gasteiger partial charge in [-0.05, 0) is 42.5 Å². The molecule has 0 radical (unpaired) electrons. The van der Waals surface area contributed by atoms with Crippen molar-refractivity contribution in [1.82, 2.24) is 0 Å². The van der Waals surface area contributed by atoms with Crippen molar-refractivity contribution in [3.63, 3.8) is 0 Å². The summed E-state index contributed by atoms with van der Waals surface area (Å²) in [7, 11) is 0. The van der Waals surface area contributed by atoms with Crippen molar-refractivity contribution in [2.45, 2.75) is 6.54 Å². The number of rotatable bonds is 7. The van der Waals surface area contributed by atoms with Crippen LogP contribution in [0, 0.1) is 0 Å². The maximum Gasteiger partial charge on any atom is 0.340 e. The van der Waals surface area contributed by atoms with Crippen LogP contribution in [0.2, 0.25) is 0 Å². The van der Waals surface area contributed by atoms with Gasteiger partial charge in [-0.15, -0.1) is 0 Å². The second-order valence-electron chi connectivity index (χ2n) is 8.07. The number of para-hydroxylation sites is 1. The summed E-state index contributed by atoms with van der Waals surface area (Å²) in [4.78, 5) is 50.7. The lowest BCUT2D eigenvalue weighted by molar-refractivity contribution is -0.119. The van der Waals surface area contributed by atoms with E-state index >= 15 is 0 Å². The molecule has 8 heteroatoms. The number of benzene rings is 3. The molecule has 2 N–H and O–H groups in total. The number of esters is 1. The Morgan fingerprint density at radius 3 is 2.22 bits per heavy atom. The molecule has 1 aliphatic carbocycles. The molecular weight excluding hydrogens is 460 g/mol. The molecule has 0 unspecified atom stereocenters. The lowest BCUT2D eigenvalue weighted by Crippen LogP contribution is -2.23. The van der Waals surface area contributed by atoms with Gasteiger partial charge in [0, 0.05) is 33.6 Å². The third-order valence-electron chi connectivity index (χ3n) is 5.72. The van der Waals surface area contributed by atoms with Crippen molar-refractivity contribution in [3.05, 3.63) is 119 Å². The number of furan rings is 1. The summed E-state index contributed by atoms with van der Waals surface area (Å²) in [6.45, 7) is -0.153. The van der Waals surface area contributed by atoms with Gasteiger partial charge in [0.2, 0.25) is 0 Å². The second kappa shape index (κ2) is 9.71. The maximum atomic E-state index is 12.9. The summed E-state index contributed by atoms with van der Waals surface area (Å²) in [6, 6.07) is 21.5. The number of ketones is 2. The van der Waals surface area contributed by atoms with Crippen molar-refractivity contribution in [3.8, 4) is 0 Å². The van der Waals surface area contributed by atoms with E-state index in [1.807, 2.05) is 0 Å². The lowest BCUT2D eigenvalue weighted by atomic mass is 9.84. The summed E-state index contributed by atoms with van der Waals surface area (Å²) in [5.74, 6) is -1.09. The highest BCUT2D eigenvalue weighted by Gasteiger charge is 2.29. The molecule has 8 nitrogen and oxygen atoms in total. The van der Waals surface area contributed by atoms with Crippen LogP contribution < -0.4 is 10.6 Å². The first-order valence-corrected chi connectivity index (χ1v) is 11.2. The van der Waals surface area contributed by atoms with Gasteiger partial charge in [0.25, 0.3) is 5.91 Å². The van der Waals surface area contributed by atoms with Gasteiger partial charge in [-0.2, -0.15) is 0 Å². The van der Waals surface area contributed by atoms with E-state index in [9.17, 15) is 19.2 Å². The molecule has 3 aromatic carbocycles. The Kier molecular flexibility index (Phi) is 6.15. The van der Waals surface area contributed by atoms with Crippen LogP contribution in [0.15, 0.2) is 89.5 Å². The van der Waals surface area contributed by atoms with Crippen LogP contribution in [0.1, 0.15) is 48.0 Å². The minimum atomic E-state index is -0.671. The summed E-state index contributed by atoms with van der Waals surface area (Å²) in [5, 5.41) is 5.72. The molecule has 5 rings (SSSR count). The molecule has 0 aliphatic heterocycles. The van der Waals surface area contributed by atoms with Crippen LogP contribution in [0.3, 0.4) is 0 Å². The monoisotopic (exact) mass is 480 g/mol. The zero-order chi connectivity index (χ0) is 25.1. The van der Waals surface area contributed by atoms with E-state index in [1.165, 1.54) is 18.2 Å². The molecule has 0 bridgehead atoms. The van der Waals surface area contributed by atoms with E-state index < -0.39 is 18.5 Å².